The second-order valence-electron chi connectivity index (χ2n) is 7.50. The molecule has 9 nitrogen and oxygen atoms in total. The molecule has 1 atom stereocenters. The summed E-state index contributed by atoms with van der Waals surface area (Å²) >= 11 is 0. The molecule has 1 saturated carbocycles. The minimum absolute atomic E-state index is 0.185. The molecule has 0 saturated heterocycles. The number of nitrogens with zero attached hydrogens (tertiary/aromatic N) is 7. The van der Waals surface area contributed by atoms with E-state index in [4.69, 9.17) is 0 Å². The monoisotopic (exact) mass is 366 g/mol. The predicted molar refractivity (Wildman–Crippen MR) is 98.0 cm³/mol. The molecule has 1 amide bonds. The van der Waals surface area contributed by atoms with E-state index in [1.54, 1.807) is 4.52 Å². The molecule has 0 radical (unpaired) electrons. The maximum Gasteiger partial charge on any atom is 0.254 e. The quantitative estimate of drug-likeness (QED) is 0.734. The molecule has 27 heavy (non-hydrogen) atoms. The van der Waals surface area contributed by atoms with E-state index < -0.39 is 0 Å². The zero-order valence-corrected chi connectivity index (χ0v) is 15.2. The van der Waals surface area contributed by atoms with Crippen molar-refractivity contribution in [2.24, 2.45) is 11.8 Å². The van der Waals surface area contributed by atoms with Gasteiger partial charge in [0.05, 0.1) is 12.2 Å². The number of nitrogens with one attached hydrogen (secondary N) is 1. The molecule has 1 N–H and O–H groups in total. The zero-order valence-electron chi connectivity index (χ0n) is 15.2. The van der Waals surface area contributed by atoms with Crippen LogP contribution in [0.2, 0.25) is 0 Å². The summed E-state index contributed by atoms with van der Waals surface area (Å²) in [7, 11) is 0. The normalized spacial score (nSPS) is 19.7. The molecule has 3 aromatic heterocycles. The Bertz CT molecular complexity index is 988. The average Bonchev–Trinajstić information content (AvgIpc) is 3.31. The molecule has 1 aliphatic carbocycles. The second-order valence-corrected chi connectivity index (χ2v) is 7.50. The third kappa shape index (κ3) is 3.13. The van der Waals surface area contributed by atoms with Crippen molar-refractivity contribution in [1.82, 2.24) is 34.7 Å². The summed E-state index contributed by atoms with van der Waals surface area (Å²) in [6.45, 7) is 4.93. The Morgan fingerprint density at radius 1 is 1.30 bits per heavy atom. The number of hydrogen-bond acceptors (Lipinski definition) is 6. The van der Waals surface area contributed by atoms with Gasteiger partial charge in [-0.1, -0.05) is 0 Å². The SMILES string of the molecule is Cc1cc(N2Cc3ccnn3CC(CNC(=O)C3CC3)C2)n2ncnc2n1. The average molecular weight is 366 g/mol. The van der Waals surface area contributed by atoms with Crippen molar-refractivity contribution in [3.05, 3.63) is 36.0 Å². The van der Waals surface area contributed by atoms with E-state index in [1.165, 1.54) is 6.33 Å². The lowest BCUT2D eigenvalue weighted by molar-refractivity contribution is -0.122. The van der Waals surface area contributed by atoms with Crippen LogP contribution in [0.25, 0.3) is 5.78 Å². The largest absolute Gasteiger partial charge is 0.355 e. The van der Waals surface area contributed by atoms with E-state index in [0.717, 1.165) is 49.7 Å². The number of aryl methyl sites for hydroxylation is 1. The molecule has 4 heterocycles. The number of aromatic nitrogens is 6. The fraction of sp³-hybridized carbons (Fsp3) is 0.500. The van der Waals surface area contributed by atoms with Crippen LogP contribution in [-0.2, 0) is 17.9 Å². The highest BCUT2D eigenvalue weighted by Crippen LogP contribution is 2.29. The van der Waals surface area contributed by atoms with Crippen LogP contribution in [0.3, 0.4) is 0 Å². The first kappa shape index (κ1) is 16.2. The molecular weight excluding hydrogens is 344 g/mol. The Hall–Kier alpha value is -2.97. The number of rotatable bonds is 4. The minimum atomic E-state index is 0.185. The number of carbonyl (C=O) groups is 1. The van der Waals surface area contributed by atoms with Crippen molar-refractivity contribution in [2.45, 2.75) is 32.9 Å². The lowest BCUT2D eigenvalue weighted by Crippen LogP contribution is -2.37. The topological polar surface area (TPSA) is 93.2 Å². The van der Waals surface area contributed by atoms with Crippen molar-refractivity contribution < 1.29 is 4.79 Å². The Morgan fingerprint density at radius 3 is 3.04 bits per heavy atom. The van der Waals surface area contributed by atoms with Gasteiger partial charge < -0.3 is 10.2 Å². The van der Waals surface area contributed by atoms with Gasteiger partial charge in [-0.3, -0.25) is 9.48 Å². The van der Waals surface area contributed by atoms with E-state index in [1.807, 2.05) is 29.9 Å². The van der Waals surface area contributed by atoms with E-state index in [0.29, 0.717) is 12.3 Å². The number of hydrogen-bond donors (Lipinski definition) is 1. The van der Waals surface area contributed by atoms with Gasteiger partial charge in [-0.25, -0.2) is 4.98 Å². The van der Waals surface area contributed by atoms with Crippen LogP contribution in [0.1, 0.15) is 24.2 Å². The lowest BCUT2D eigenvalue weighted by Gasteiger charge is -2.26. The zero-order chi connectivity index (χ0) is 18.4. The van der Waals surface area contributed by atoms with Crippen molar-refractivity contribution in [3.63, 3.8) is 0 Å². The molecule has 2 aliphatic rings. The molecular formula is C18H22N8O. The van der Waals surface area contributed by atoms with Crippen LogP contribution in [0.5, 0.6) is 0 Å². The van der Waals surface area contributed by atoms with Gasteiger partial charge >= 0.3 is 0 Å². The van der Waals surface area contributed by atoms with E-state index in [-0.39, 0.29) is 17.7 Å². The van der Waals surface area contributed by atoms with Gasteiger partial charge in [0.1, 0.15) is 12.1 Å². The third-order valence-electron chi connectivity index (χ3n) is 5.27. The number of anilines is 1. The molecule has 1 unspecified atom stereocenters. The molecule has 9 heteroatoms. The maximum atomic E-state index is 12.1. The predicted octanol–water partition coefficient (Wildman–Crippen LogP) is 0.792. The van der Waals surface area contributed by atoms with Crippen LogP contribution in [0, 0.1) is 18.8 Å². The highest BCUT2D eigenvalue weighted by Gasteiger charge is 2.31. The van der Waals surface area contributed by atoms with Crippen molar-refractivity contribution >= 4 is 17.5 Å². The molecule has 1 fully saturated rings. The third-order valence-corrected chi connectivity index (χ3v) is 5.27. The smallest absolute Gasteiger partial charge is 0.254 e. The molecule has 1 aliphatic heterocycles. The van der Waals surface area contributed by atoms with Crippen LogP contribution in [-0.4, -0.2) is 48.4 Å². The first-order chi connectivity index (χ1) is 13.2. The van der Waals surface area contributed by atoms with Crippen LogP contribution in [0.15, 0.2) is 24.7 Å². The summed E-state index contributed by atoms with van der Waals surface area (Å²) in [5, 5.41) is 11.9. The minimum Gasteiger partial charge on any atom is -0.355 e. The molecule has 5 rings (SSSR count). The van der Waals surface area contributed by atoms with E-state index in [9.17, 15) is 4.79 Å². The van der Waals surface area contributed by atoms with Gasteiger partial charge in [0, 0.05) is 49.4 Å². The fourth-order valence-corrected chi connectivity index (χ4v) is 3.71. The number of carbonyl (C=O) groups excluding carboxylic acids is 1. The van der Waals surface area contributed by atoms with E-state index >= 15 is 0 Å². The van der Waals surface area contributed by atoms with Gasteiger partial charge in [0.15, 0.2) is 0 Å². The van der Waals surface area contributed by atoms with Gasteiger partial charge in [-0.2, -0.15) is 19.7 Å². The van der Waals surface area contributed by atoms with Crippen molar-refractivity contribution in [3.8, 4) is 0 Å². The maximum absolute atomic E-state index is 12.1. The Morgan fingerprint density at radius 2 is 2.19 bits per heavy atom. The van der Waals surface area contributed by atoms with E-state index in [2.05, 4.69) is 30.4 Å². The van der Waals surface area contributed by atoms with Crippen LogP contribution >= 0.6 is 0 Å². The highest BCUT2D eigenvalue weighted by molar-refractivity contribution is 5.80. The van der Waals surface area contributed by atoms with Crippen molar-refractivity contribution in [1.29, 1.82) is 0 Å². The van der Waals surface area contributed by atoms with Gasteiger partial charge in [0.2, 0.25) is 5.91 Å². The molecule has 0 spiro atoms. The summed E-state index contributed by atoms with van der Waals surface area (Å²) in [6.07, 6.45) is 5.40. The number of fused-ring (bicyclic) bond motifs is 2. The van der Waals surface area contributed by atoms with Crippen LogP contribution < -0.4 is 10.2 Å². The standard InChI is InChI=1S/C18H22N8O/c1-12-6-16(26-18(23-12)20-11-22-26)24-8-13(7-19-17(27)14-2-3-14)9-25-15(10-24)4-5-21-25/h4-6,11,13-14H,2-3,7-10H2,1H3,(H,19,27). The van der Waals surface area contributed by atoms with Gasteiger partial charge in [-0.15, -0.1) is 0 Å². The van der Waals surface area contributed by atoms with Gasteiger partial charge in [0.25, 0.3) is 5.78 Å². The Kier molecular flexibility index (Phi) is 3.80. The summed E-state index contributed by atoms with van der Waals surface area (Å²) in [6, 6.07) is 4.08. The molecule has 140 valence electrons. The summed E-state index contributed by atoms with van der Waals surface area (Å²) in [4.78, 5) is 23.0. The molecule has 0 aromatic carbocycles. The highest BCUT2D eigenvalue weighted by atomic mass is 16.2. The number of amides is 1. The first-order valence-corrected chi connectivity index (χ1v) is 9.38. The summed E-state index contributed by atoms with van der Waals surface area (Å²) in [5.41, 5.74) is 2.05. The fourth-order valence-electron chi connectivity index (χ4n) is 3.71. The Labute approximate surface area is 156 Å². The molecule has 3 aromatic rings. The lowest BCUT2D eigenvalue weighted by atomic mass is 10.1. The summed E-state index contributed by atoms with van der Waals surface area (Å²) in [5.74, 6) is 2.22. The second kappa shape index (κ2) is 6.33. The first-order valence-electron chi connectivity index (χ1n) is 9.38. The summed E-state index contributed by atoms with van der Waals surface area (Å²) < 4.78 is 3.82. The van der Waals surface area contributed by atoms with Gasteiger partial charge in [-0.05, 0) is 25.8 Å². The Balaban J connectivity index is 1.45. The van der Waals surface area contributed by atoms with Crippen molar-refractivity contribution in [2.75, 3.05) is 18.0 Å². The van der Waals surface area contributed by atoms with Crippen LogP contribution in [0.4, 0.5) is 5.82 Å². The molecule has 0 bridgehead atoms.